The van der Waals surface area contributed by atoms with Crippen molar-refractivity contribution >= 4 is 23.8 Å². The van der Waals surface area contributed by atoms with E-state index in [1.54, 1.807) is 20.8 Å². The Balaban J connectivity index is 0.000000394. The molecular weight excluding hydrogens is 278 g/mol. The van der Waals surface area contributed by atoms with Gasteiger partial charge in [0.1, 0.15) is 0 Å². The number of ether oxygens (including phenoxy) is 2. The van der Waals surface area contributed by atoms with Crippen LogP contribution in [0.5, 0.6) is 0 Å². The van der Waals surface area contributed by atoms with E-state index in [1.807, 2.05) is 0 Å². The Bertz CT molecular complexity index is 414. The topological polar surface area (TPSA) is 90.0 Å². The van der Waals surface area contributed by atoms with Crippen LogP contribution >= 0.6 is 0 Å². The summed E-state index contributed by atoms with van der Waals surface area (Å²) >= 11 is 0. The first kappa shape index (κ1) is 18.6. The van der Waals surface area contributed by atoms with Gasteiger partial charge in [-0.25, -0.2) is 9.59 Å². The van der Waals surface area contributed by atoms with E-state index in [9.17, 15) is 19.2 Å². The molecule has 7 heteroatoms. The predicted molar refractivity (Wildman–Crippen MR) is 73.9 cm³/mol. The maximum absolute atomic E-state index is 10.6. The molecule has 0 N–H and O–H groups in total. The average Bonchev–Trinajstić information content (AvgIpc) is 2.77. The van der Waals surface area contributed by atoms with Crippen molar-refractivity contribution in [1.29, 1.82) is 0 Å². The molecule has 0 saturated carbocycles. The first-order valence-electron chi connectivity index (χ1n) is 6.51. The van der Waals surface area contributed by atoms with Gasteiger partial charge >= 0.3 is 11.9 Å². The minimum Gasteiger partial charge on any atom is -0.463 e. The van der Waals surface area contributed by atoms with E-state index in [2.05, 4.69) is 9.47 Å². The van der Waals surface area contributed by atoms with E-state index >= 15 is 0 Å². The molecule has 0 bridgehead atoms. The van der Waals surface area contributed by atoms with Crippen LogP contribution in [0.4, 0.5) is 0 Å². The molecule has 1 aliphatic rings. The molecule has 0 unspecified atom stereocenters. The lowest BCUT2D eigenvalue weighted by Gasteiger charge is -2.08. The van der Waals surface area contributed by atoms with Crippen LogP contribution in [-0.4, -0.2) is 48.4 Å². The van der Waals surface area contributed by atoms with Gasteiger partial charge in [0.15, 0.2) is 0 Å². The van der Waals surface area contributed by atoms with Crippen LogP contribution in [0.1, 0.15) is 20.8 Å². The third kappa shape index (κ3) is 7.66. The highest BCUT2D eigenvalue weighted by Crippen LogP contribution is 2.00. The number of rotatable bonds is 5. The van der Waals surface area contributed by atoms with Gasteiger partial charge in [0.25, 0.3) is 11.8 Å². The highest BCUT2D eigenvalue weighted by atomic mass is 16.5. The van der Waals surface area contributed by atoms with E-state index in [-0.39, 0.29) is 11.8 Å². The molecule has 0 atom stereocenters. The number of nitrogens with zero attached hydrogens (tertiary/aromatic N) is 1. The fraction of sp³-hybridized carbons (Fsp3) is 0.429. The van der Waals surface area contributed by atoms with Crippen molar-refractivity contribution in [3.05, 3.63) is 24.3 Å². The third-order valence-electron chi connectivity index (χ3n) is 2.15. The first-order valence-corrected chi connectivity index (χ1v) is 6.51. The zero-order chi connectivity index (χ0) is 16.3. The smallest absolute Gasteiger partial charge is 0.330 e. The Labute approximate surface area is 123 Å². The predicted octanol–water partition coefficient (Wildman–Crippen LogP) is 0.600. The molecule has 0 aromatic heterocycles. The number of esters is 2. The number of likely N-dealkylation sites (N-methyl/N-ethyl adjacent to an activating group) is 1. The van der Waals surface area contributed by atoms with Gasteiger partial charge < -0.3 is 9.47 Å². The van der Waals surface area contributed by atoms with Crippen molar-refractivity contribution in [2.75, 3.05) is 19.8 Å². The van der Waals surface area contributed by atoms with Crippen molar-refractivity contribution in [1.82, 2.24) is 4.90 Å². The Hall–Kier alpha value is -2.44. The van der Waals surface area contributed by atoms with Gasteiger partial charge in [-0.1, -0.05) is 0 Å². The Kier molecular flexibility index (Phi) is 9.16. The summed E-state index contributed by atoms with van der Waals surface area (Å²) in [6, 6.07) is 0. The van der Waals surface area contributed by atoms with Gasteiger partial charge in [-0.3, -0.25) is 14.5 Å². The lowest BCUT2D eigenvalue weighted by atomic mass is 10.5. The zero-order valence-electron chi connectivity index (χ0n) is 12.3. The van der Waals surface area contributed by atoms with E-state index in [0.717, 1.165) is 12.2 Å². The fourth-order valence-corrected chi connectivity index (χ4v) is 1.26. The summed E-state index contributed by atoms with van der Waals surface area (Å²) in [6.07, 6.45) is 4.65. The highest BCUT2D eigenvalue weighted by molar-refractivity contribution is 6.12. The minimum atomic E-state index is -0.537. The van der Waals surface area contributed by atoms with E-state index < -0.39 is 11.9 Å². The van der Waals surface area contributed by atoms with Crippen molar-refractivity contribution in [2.24, 2.45) is 0 Å². The molecule has 1 rings (SSSR count). The summed E-state index contributed by atoms with van der Waals surface area (Å²) in [6.45, 7) is 6.21. The number of carbonyl (C=O) groups is 4. The molecule has 0 spiro atoms. The van der Waals surface area contributed by atoms with E-state index in [1.165, 1.54) is 17.1 Å². The molecule has 0 aromatic rings. The second kappa shape index (κ2) is 10.4. The standard InChI is InChI=1S/C8H12O4.C6H7NO2/c1-3-11-7(9)5-6-8(10)12-4-2;1-2-7-5(8)3-4-6(7)9/h5-6H,3-4H2,1-2H3;3-4H,2H2,1H3. The Morgan fingerprint density at radius 3 is 1.57 bits per heavy atom. The molecule has 0 radical (unpaired) electrons. The van der Waals surface area contributed by atoms with Crippen LogP contribution in [0.15, 0.2) is 24.3 Å². The van der Waals surface area contributed by atoms with Gasteiger partial charge in [-0.05, 0) is 20.8 Å². The molecule has 0 saturated heterocycles. The normalized spacial score (nSPS) is 13.2. The summed E-state index contributed by atoms with van der Waals surface area (Å²) < 4.78 is 9.07. The molecule has 21 heavy (non-hydrogen) atoms. The van der Waals surface area contributed by atoms with Gasteiger partial charge in [0.2, 0.25) is 0 Å². The van der Waals surface area contributed by atoms with E-state index in [0.29, 0.717) is 19.8 Å². The number of hydrogen-bond acceptors (Lipinski definition) is 6. The minimum absolute atomic E-state index is 0.206. The maximum atomic E-state index is 10.6. The van der Waals surface area contributed by atoms with Crippen LogP contribution < -0.4 is 0 Å². The molecule has 0 fully saturated rings. The third-order valence-corrected chi connectivity index (χ3v) is 2.15. The summed E-state index contributed by atoms with van der Waals surface area (Å²) in [5.74, 6) is -1.49. The summed E-state index contributed by atoms with van der Waals surface area (Å²) in [5, 5.41) is 0. The van der Waals surface area contributed by atoms with Gasteiger partial charge in [0, 0.05) is 30.8 Å². The molecule has 1 aliphatic heterocycles. The first-order chi connectivity index (χ1) is 9.96. The van der Waals surface area contributed by atoms with Crippen molar-refractivity contribution in [2.45, 2.75) is 20.8 Å². The second-order valence-electron chi connectivity index (χ2n) is 3.59. The number of amides is 2. The molecule has 0 aromatic carbocycles. The van der Waals surface area contributed by atoms with Crippen molar-refractivity contribution in [3.8, 4) is 0 Å². The molecule has 2 amide bonds. The summed E-state index contributed by atoms with van der Waals surface area (Å²) in [7, 11) is 0. The molecule has 7 nitrogen and oxygen atoms in total. The number of imide groups is 1. The van der Waals surface area contributed by atoms with Gasteiger partial charge in [-0.2, -0.15) is 0 Å². The molecule has 116 valence electrons. The van der Waals surface area contributed by atoms with Crippen molar-refractivity contribution < 1.29 is 28.7 Å². The van der Waals surface area contributed by atoms with Gasteiger partial charge in [0.05, 0.1) is 13.2 Å². The summed E-state index contributed by atoms with van der Waals surface area (Å²) in [5.41, 5.74) is 0. The van der Waals surface area contributed by atoms with Crippen molar-refractivity contribution in [3.63, 3.8) is 0 Å². The highest BCUT2D eigenvalue weighted by Gasteiger charge is 2.20. The number of carbonyl (C=O) groups excluding carboxylic acids is 4. The van der Waals surface area contributed by atoms with Gasteiger partial charge in [-0.15, -0.1) is 0 Å². The fourth-order valence-electron chi connectivity index (χ4n) is 1.26. The number of hydrogen-bond donors (Lipinski definition) is 0. The van der Waals surface area contributed by atoms with Crippen LogP contribution in [0.3, 0.4) is 0 Å². The summed E-state index contributed by atoms with van der Waals surface area (Å²) in [4.78, 5) is 43.7. The Morgan fingerprint density at radius 1 is 0.952 bits per heavy atom. The van der Waals surface area contributed by atoms with Crippen LogP contribution in [0.25, 0.3) is 0 Å². The van der Waals surface area contributed by atoms with E-state index in [4.69, 9.17) is 0 Å². The molecule has 1 heterocycles. The molecular formula is C14H19NO6. The Morgan fingerprint density at radius 2 is 1.33 bits per heavy atom. The largest absolute Gasteiger partial charge is 0.463 e. The second-order valence-corrected chi connectivity index (χ2v) is 3.59. The van der Waals surface area contributed by atoms with Crippen LogP contribution in [-0.2, 0) is 28.7 Å². The molecule has 0 aliphatic carbocycles. The maximum Gasteiger partial charge on any atom is 0.330 e. The lowest BCUT2D eigenvalue weighted by Crippen LogP contribution is -2.29. The quantitative estimate of drug-likeness (QED) is 0.419. The van der Waals surface area contributed by atoms with Crippen LogP contribution in [0.2, 0.25) is 0 Å². The SMILES string of the molecule is CCN1C(=O)C=CC1=O.CCOC(=O)C=CC(=O)OCC. The van der Waals surface area contributed by atoms with Crippen LogP contribution in [0, 0.1) is 0 Å². The zero-order valence-corrected chi connectivity index (χ0v) is 12.3. The average molecular weight is 297 g/mol. The lowest BCUT2D eigenvalue weighted by molar-refractivity contribution is -0.140. The monoisotopic (exact) mass is 297 g/mol.